The van der Waals surface area contributed by atoms with Crippen molar-refractivity contribution in [3.8, 4) is 5.75 Å². The number of aliphatic imine (C=N–C) groups is 1. The van der Waals surface area contributed by atoms with Gasteiger partial charge >= 0.3 is 0 Å². The summed E-state index contributed by atoms with van der Waals surface area (Å²) in [5, 5.41) is 17.5. The normalized spacial score (nSPS) is 11.7. The maximum absolute atomic E-state index is 9.55. The van der Waals surface area contributed by atoms with E-state index in [-0.39, 0.29) is 5.75 Å². The number of fused-ring (bicyclic) bond motifs is 1. The molecule has 136 valence electrons. The number of H-pyrrole nitrogens is 1. The number of aryl methyl sites for hydroxylation is 1. The van der Waals surface area contributed by atoms with Crippen LogP contribution in [0.4, 0.5) is 0 Å². The number of guanidine groups is 1. The average molecular weight is 350 g/mol. The van der Waals surface area contributed by atoms with E-state index >= 15 is 0 Å². The summed E-state index contributed by atoms with van der Waals surface area (Å²) in [6.07, 6.45) is 3.01. The molecule has 0 bridgehead atoms. The number of aromatic hydroxyl groups is 1. The van der Waals surface area contributed by atoms with Crippen molar-refractivity contribution in [2.24, 2.45) is 4.99 Å². The molecule has 0 atom stereocenters. The highest BCUT2D eigenvalue weighted by Gasteiger charge is 2.05. The predicted octanol–water partition coefficient (Wildman–Crippen LogP) is 3.48. The van der Waals surface area contributed by atoms with Crippen LogP contribution >= 0.6 is 0 Å². The van der Waals surface area contributed by atoms with Crippen LogP contribution in [0.2, 0.25) is 0 Å². The predicted molar refractivity (Wildman–Crippen MR) is 108 cm³/mol. The minimum atomic E-state index is 0.269. The van der Waals surface area contributed by atoms with Crippen LogP contribution in [-0.4, -0.2) is 29.1 Å². The van der Waals surface area contributed by atoms with Gasteiger partial charge in [-0.15, -0.1) is 0 Å². The molecule has 0 aliphatic heterocycles. The molecular weight excluding hydrogens is 324 g/mol. The number of aromatic nitrogens is 1. The number of hydrogen-bond donors (Lipinski definition) is 4. The molecule has 0 fully saturated rings. The van der Waals surface area contributed by atoms with E-state index in [4.69, 9.17) is 0 Å². The number of para-hydroxylation sites is 1. The SMILES string of the molecule is CCNC(=NCc1cccc(O)c1)NCCc1c[nH]c2c(C)cccc12. The minimum Gasteiger partial charge on any atom is -0.508 e. The van der Waals surface area contributed by atoms with E-state index in [0.29, 0.717) is 6.54 Å². The highest BCUT2D eigenvalue weighted by Crippen LogP contribution is 2.21. The molecule has 5 heteroatoms. The maximum Gasteiger partial charge on any atom is 0.191 e. The highest BCUT2D eigenvalue weighted by molar-refractivity contribution is 5.86. The van der Waals surface area contributed by atoms with Gasteiger partial charge in [-0.2, -0.15) is 0 Å². The molecule has 1 aromatic heterocycles. The Morgan fingerprint density at radius 2 is 2.00 bits per heavy atom. The van der Waals surface area contributed by atoms with E-state index in [2.05, 4.69) is 51.9 Å². The molecule has 0 saturated carbocycles. The molecule has 0 amide bonds. The Bertz CT molecular complexity index is 898. The van der Waals surface area contributed by atoms with Crippen molar-refractivity contribution in [1.29, 1.82) is 0 Å². The summed E-state index contributed by atoms with van der Waals surface area (Å²) in [5.74, 6) is 1.05. The summed E-state index contributed by atoms with van der Waals surface area (Å²) in [7, 11) is 0. The Balaban J connectivity index is 1.61. The number of hydrogen-bond acceptors (Lipinski definition) is 2. The number of phenolic OH excluding ortho intramolecular Hbond substituents is 1. The second-order valence-corrected chi connectivity index (χ2v) is 6.35. The topological polar surface area (TPSA) is 72.4 Å². The Hall–Kier alpha value is -2.95. The zero-order chi connectivity index (χ0) is 18.4. The number of rotatable bonds is 6. The fraction of sp³-hybridized carbons (Fsp3) is 0.286. The smallest absolute Gasteiger partial charge is 0.191 e. The fourth-order valence-electron chi connectivity index (χ4n) is 3.05. The molecule has 5 nitrogen and oxygen atoms in total. The van der Waals surface area contributed by atoms with Crippen molar-refractivity contribution in [1.82, 2.24) is 15.6 Å². The first-order chi connectivity index (χ1) is 12.7. The van der Waals surface area contributed by atoms with Crippen LogP contribution in [0, 0.1) is 6.92 Å². The van der Waals surface area contributed by atoms with Crippen LogP contribution in [0.25, 0.3) is 10.9 Å². The van der Waals surface area contributed by atoms with Crippen molar-refractivity contribution in [3.05, 3.63) is 65.4 Å². The third kappa shape index (κ3) is 4.36. The maximum atomic E-state index is 9.55. The van der Waals surface area contributed by atoms with Gasteiger partial charge in [-0.1, -0.05) is 30.3 Å². The van der Waals surface area contributed by atoms with Gasteiger partial charge < -0.3 is 20.7 Å². The summed E-state index contributed by atoms with van der Waals surface area (Å²) in [5.41, 5.74) is 4.77. The molecule has 0 spiro atoms. The molecule has 0 aliphatic rings. The summed E-state index contributed by atoms with van der Waals surface area (Å²) in [6, 6.07) is 13.6. The van der Waals surface area contributed by atoms with Gasteiger partial charge in [0.25, 0.3) is 0 Å². The van der Waals surface area contributed by atoms with E-state index in [9.17, 15) is 5.11 Å². The van der Waals surface area contributed by atoms with Gasteiger partial charge in [0.15, 0.2) is 5.96 Å². The molecule has 0 saturated heterocycles. The van der Waals surface area contributed by atoms with Crippen LogP contribution in [0.1, 0.15) is 23.6 Å². The van der Waals surface area contributed by atoms with E-state index in [1.807, 2.05) is 19.1 Å². The van der Waals surface area contributed by atoms with E-state index in [0.717, 1.165) is 31.0 Å². The molecule has 0 radical (unpaired) electrons. The minimum absolute atomic E-state index is 0.269. The number of nitrogens with zero attached hydrogens (tertiary/aromatic N) is 1. The van der Waals surface area contributed by atoms with E-state index < -0.39 is 0 Å². The molecule has 3 aromatic rings. The molecule has 2 aromatic carbocycles. The molecule has 4 N–H and O–H groups in total. The molecule has 0 aliphatic carbocycles. The number of phenols is 1. The molecule has 1 heterocycles. The zero-order valence-corrected chi connectivity index (χ0v) is 15.3. The lowest BCUT2D eigenvalue weighted by Crippen LogP contribution is -2.38. The quantitative estimate of drug-likeness (QED) is 0.406. The van der Waals surface area contributed by atoms with Gasteiger partial charge in [-0.25, -0.2) is 4.99 Å². The Morgan fingerprint density at radius 1 is 1.15 bits per heavy atom. The van der Waals surface area contributed by atoms with Gasteiger partial charge in [0.2, 0.25) is 0 Å². The number of benzene rings is 2. The average Bonchev–Trinajstić information content (AvgIpc) is 3.04. The Morgan fingerprint density at radius 3 is 2.81 bits per heavy atom. The first-order valence-corrected chi connectivity index (χ1v) is 9.03. The third-order valence-corrected chi connectivity index (χ3v) is 4.37. The number of aromatic amines is 1. The fourth-order valence-corrected chi connectivity index (χ4v) is 3.05. The van der Waals surface area contributed by atoms with Gasteiger partial charge in [0.1, 0.15) is 5.75 Å². The zero-order valence-electron chi connectivity index (χ0n) is 15.3. The lowest BCUT2D eigenvalue weighted by Gasteiger charge is -2.11. The van der Waals surface area contributed by atoms with Gasteiger partial charge in [-0.05, 0) is 49.1 Å². The van der Waals surface area contributed by atoms with Crippen molar-refractivity contribution >= 4 is 16.9 Å². The summed E-state index contributed by atoms with van der Waals surface area (Å²) in [4.78, 5) is 7.97. The van der Waals surface area contributed by atoms with Crippen LogP contribution in [-0.2, 0) is 13.0 Å². The monoisotopic (exact) mass is 350 g/mol. The standard InChI is InChI=1S/C21H26N4O/c1-3-22-21(25-13-16-7-5-8-18(26)12-16)23-11-10-17-14-24-20-15(2)6-4-9-19(17)20/h4-9,12,14,24,26H,3,10-11,13H2,1-2H3,(H2,22,23,25). The molecular formula is C21H26N4O. The molecule has 0 unspecified atom stereocenters. The van der Waals surface area contributed by atoms with Crippen LogP contribution < -0.4 is 10.6 Å². The van der Waals surface area contributed by atoms with Crippen molar-refractivity contribution in [2.75, 3.05) is 13.1 Å². The van der Waals surface area contributed by atoms with E-state index in [1.54, 1.807) is 12.1 Å². The summed E-state index contributed by atoms with van der Waals surface area (Å²) >= 11 is 0. The Labute approximate surface area is 154 Å². The summed E-state index contributed by atoms with van der Waals surface area (Å²) in [6.45, 7) is 6.30. The summed E-state index contributed by atoms with van der Waals surface area (Å²) < 4.78 is 0. The van der Waals surface area contributed by atoms with Crippen molar-refractivity contribution < 1.29 is 5.11 Å². The van der Waals surface area contributed by atoms with Crippen LogP contribution in [0.5, 0.6) is 5.75 Å². The largest absolute Gasteiger partial charge is 0.508 e. The van der Waals surface area contributed by atoms with Gasteiger partial charge in [0.05, 0.1) is 6.54 Å². The lowest BCUT2D eigenvalue weighted by molar-refractivity contribution is 0.474. The van der Waals surface area contributed by atoms with Crippen molar-refractivity contribution in [3.63, 3.8) is 0 Å². The first kappa shape index (κ1) is 17.9. The highest BCUT2D eigenvalue weighted by atomic mass is 16.3. The van der Waals surface area contributed by atoms with Crippen LogP contribution in [0.3, 0.4) is 0 Å². The molecule has 26 heavy (non-hydrogen) atoms. The third-order valence-electron chi connectivity index (χ3n) is 4.37. The van der Waals surface area contributed by atoms with Gasteiger partial charge in [-0.3, -0.25) is 0 Å². The lowest BCUT2D eigenvalue weighted by atomic mass is 10.1. The van der Waals surface area contributed by atoms with E-state index in [1.165, 1.54) is 22.0 Å². The molecule has 3 rings (SSSR count). The first-order valence-electron chi connectivity index (χ1n) is 9.03. The second kappa shape index (κ2) is 8.43. The second-order valence-electron chi connectivity index (χ2n) is 6.35. The van der Waals surface area contributed by atoms with Crippen molar-refractivity contribution in [2.45, 2.75) is 26.8 Å². The van der Waals surface area contributed by atoms with Gasteiger partial charge in [0, 0.05) is 30.2 Å². The van der Waals surface area contributed by atoms with Crippen LogP contribution in [0.15, 0.2) is 53.7 Å². The number of nitrogens with one attached hydrogen (secondary N) is 3. The Kier molecular flexibility index (Phi) is 5.79.